The highest BCUT2D eigenvalue weighted by molar-refractivity contribution is 5.92. The van der Waals surface area contributed by atoms with Gasteiger partial charge in [0.1, 0.15) is 11.4 Å². The van der Waals surface area contributed by atoms with Crippen LogP contribution in [0.15, 0.2) is 36.4 Å². The van der Waals surface area contributed by atoms with E-state index in [9.17, 15) is 9.59 Å². The first-order valence-electron chi connectivity index (χ1n) is 10.1. The molecule has 2 aromatic rings. The quantitative estimate of drug-likeness (QED) is 0.833. The number of H-pyrrole nitrogens is 1. The highest BCUT2D eigenvalue weighted by Gasteiger charge is 2.31. The van der Waals surface area contributed by atoms with Crippen LogP contribution in [-0.2, 0) is 9.53 Å². The molecule has 2 fully saturated rings. The van der Waals surface area contributed by atoms with Crippen molar-refractivity contribution < 1.29 is 19.1 Å². The maximum absolute atomic E-state index is 12.8. The zero-order valence-electron chi connectivity index (χ0n) is 16.4. The fourth-order valence-corrected chi connectivity index (χ4v) is 3.84. The molecule has 2 saturated heterocycles. The summed E-state index contributed by atoms with van der Waals surface area (Å²) in [5.41, 5.74) is 1.19. The monoisotopic (exact) mass is 398 g/mol. The Morgan fingerprint density at radius 1 is 1.14 bits per heavy atom. The second-order valence-electron chi connectivity index (χ2n) is 7.31. The van der Waals surface area contributed by atoms with Crippen LogP contribution in [0, 0.1) is 0 Å². The number of morpholine rings is 1. The molecule has 2 amide bonds. The first kappa shape index (κ1) is 19.4. The van der Waals surface area contributed by atoms with Crippen molar-refractivity contribution in [1.82, 2.24) is 20.0 Å². The van der Waals surface area contributed by atoms with Crippen LogP contribution < -0.4 is 4.74 Å². The first-order chi connectivity index (χ1) is 14.2. The fraction of sp³-hybridized carbons (Fsp3) is 0.476. The summed E-state index contributed by atoms with van der Waals surface area (Å²) < 4.78 is 10.9. The maximum Gasteiger partial charge on any atom is 0.274 e. The van der Waals surface area contributed by atoms with Gasteiger partial charge in [-0.05, 0) is 37.5 Å². The molecule has 1 N–H and O–H groups in total. The molecule has 8 nitrogen and oxygen atoms in total. The normalized spacial score (nSPS) is 19.8. The molecule has 4 rings (SSSR count). The van der Waals surface area contributed by atoms with E-state index >= 15 is 0 Å². The van der Waals surface area contributed by atoms with E-state index < -0.39 is 0 Å². The number of carbonyl (C=O) groups excluding carboxylic acids is 2. The summed E-state index contributed by atoms with van der Waals surface area (Å²) in [6, 6.07) is 11.0. The molecule has 0 saturated carbocycles. The van der Waals surface area contributed by atoms with Crippen LogP contribution >= 0.6 is 0 Å². The molecule has 0 spiro atoms. The molecule has 3 heterocycles. The van der Waals surface area contributed by atoms with Crippen LogP contribution in [0.5, 0.6) is 5.75 Å². The van der Waals surface area contributed by atoms with E-state index in [0.29, 0.717) is 44.3 Å². The number of nitrogens with zero attached hydrogens (tertiary/aromatic N) is 3. The number of likely N-dealkylation sites (tertiary alicyclic amines) is 1. The Balaban J connectivity index is 1.42. The van der Waals surface area contributed by atoms with Crippen molar-refractivity contribution in [3.05, 3.63) is 47.8 Å². The van der Waals surface area contributed by atoms with Gasteiger partial charge in [-0.1, -0.05) is 18.2 Å². The average Bonchev–Trinajstić information content (AvgIpc) is 3.28. The summed E-state index contributed by atoms with van der Waals surface area (Å²) in [7, 11) is 0. The Bertz CT molecular complexity index is 832. The van der Waals surface area contributed by atoms with Crippen molar-refractivity contribution in [3.8, 4) is 5.75 Å². The van der Waals surface area contributed by atoms with E-state index in [1.54, 1.807) is 11.0 Å². The van der Waals surface area contributed by atoms with Crippen LogP contribution in [-0.4, -0.2) is 71.3 Å². The lowest BCUT2D eigenvalue weighted by Crippen LogP contribution is -2.41. The van der Waals surface area contributed by atoms with Crippen molar-refractivity contribution >= 4 is 11.8 Å². The first-order valence-corrected chi connectivity index (χ1v) is 10.1. The average molecular weight is 398 g/mol. The number of amides is 2. The lowest BCUT2D eigenvalue weighted by molar-refractivity contribution is -0.137. The number of piperidine rings is 1. The Morgan fingerprint density at radius 3 is 2.72 bits per heavy atom. The van der Waals surface area contributed by atoms with Crippen molar-refractivity contribution in [2.75, 3.05) is 39.5 Å². The van der Waals surface area contributed by atoms with Crippen molar-refractivity contribution in [3.63, 3.8) is 0 Å². The maximum atomic E-state index is 12.8. The molecule has 1 aromatic heterocycles. The van der Waals surface area contributed by atoms with Gasteiger partial charge in [0.15, 0.2) is 6.61 Å². The number of para-hydroxylation sites is 1. The summed E-state index contributed by atoms with van der Waals surface area (Å²) in [5, 5.41) is 7.22. The number of hydrogen-bond donors (Lipinski definition) is 1. The van der Waals surface area contributed by atoms with Gasteiger partial charge in [0.25, 0.3) is 11.8 Å². The van der Waals surface area contributed by atoms with E-state index in [2.05, 4.69) is 10.2 Å². The summed E-state index contributed by atoms with van der Waals surface area (Å²) in [4.78, 5) is 29.1. The Labute approximate surface area is 169 Å². The molecule has 0 aliphatic carbocycles. The molecule has 0 bridgehead atoms. The van der Waals surface area contributed by atoms with Gasteiger partial charge >= 0.3 is 0 Å². The number of hydrogen-bond acceptors (Lipinski definition) is 5. The van der Waals surface area contributed by atoms with E-state index in [0.717, 1.165) is 25.0 Å². The highest BCUT2D eigenvalue weighted by atomic mass is 16.5. The third kappa shape index (κ3) is 4.59. The molecule has 0 radical (unpaired) electrons. The minimum absolute atomic E-state index is 0.00574. The molecule has 1 aromatic carbocycles. The van der Waals surface area contributed by atoms with Gasteiger partial charge in [-0.15, -0.1) is 0 Å². The van der Waals surface area contributed by atoms with E-state index in [1.165, 1.54) is 0 Å². The molecule has 1 atom stereocenters. The van der Waals surface area contributed by atoms with Crippen LogP contribution in [0.1, 0.15) is 41.5 Å². The second kappa shape index (κ2) is 9.09. The molecule has 29 heavy (non-hydrogen) atoms. The Morgan fingerprint density at radius 2 is 1.93 bits per heavy atom. The lowest BCUT2D eigenvalue weighted by atomic mass is 9.99. The minimum Gasteiger partial charge on any atom is -0.484 e. The SMILES string of the molecule is O=C(c1cc(C2CCCCN2C(=O)COc2ccccc2)[nH]n1)N1CCOCC1. The van der Waals surface area contributed by atoms with E-state index in [1.807, 2.05) is 35.2 Å². The zero-order valence-corrected chi connectivity index (χ0v) is 16.4. The number of aromatic amines is 1. The van der Waals surface area contributed by atoms with E-state index in [-0.39, 0.29) is 24.5 Å². The molecule has 1 unspecified atom stereocenters. The van der Waals surface area contributed by atoms with Crippen LogP contribution in [0.2, 0.25) is 0 Å². The number of ether oxygens (including phenoxy) is 2. The highest BCUT2D eigenvalue weighted by Crippen LogP contribution is 2.30. The Kier molecular flexibility index (Phi) is 6.09. The van der Waals surface area contributed by atoms with Crippen molar-refractivity contribution in [1.29, 1.82) is 0 Å². The number of nitrogens with one attached hydrogen (secondary N) is 1. The fourth-order valence-electron chi connectivity index (χ4n) is 3.84. The minimum atomic E-state index is -0.116. The van der Waals surface area contributed by atoms with Crippen molar-refractivity contribution in [2.45, 2.75) is 25.3 Å². The van der Waals surface area contributed by atoms with Crippen LogP contribution in [0.4, 0.5) is 0 Å². The second-order valence-corrected chi connectivity index (χ2v) is 7.31. The third-order valence-electron chi connectivity index (χ3n) is 5.40. The molecule has 2 aliphatic rings. The smallest absolute Gasteiger partial charge is 0.274 e. The van der Waals surface area contributed by atoms with Crippen LogP contribution in [0.25, 0.3) is 0 Å². The van der Waals surface area contributed by atoms with Gasteiger partial charge in [-0.25, -0.2) is 0 Å². The molecule has 154 valence electrons. The molecule has 2 aliphatic heterocycles. The van der Waals surface area contributed by atoms with E-state index in [4.69, 9.17) is 9.47 Å². The van der Waals surface area contributed by atoms with Gasteiger partial charge in [0, 0.05) is 19.6 Å². The third-order valence-corrected chi connectivity index (χ3v) is 5.40. The predicted octanol–water partition coefficient (Wildman–Crippen LogP) is 2.01. The van der Waals surface area contributed by atoms with Gasteiger partial charge in [0.2, 0.25) is 0 Å². The number of carbonyl (C=O) groups is 2. The summed E-state index contributed by atoms with van der Waals surface area (Å²) in [6.07, 6.45) is 2.82. The summed E-state index contributed by atoms with van der Waals surface area (Å²) in [6.45, 7) is 2.92. The van der Waals surface area contributed by atoms with Gasteiger partial charge in [-0.2, -0.15) is 5.10 Å². The molecular weight excluding hydrogens is 372 g/mol. The predicted molar refractivity (Wildman–Crippen MR) is 106 cm³/mol. The standard InChI is InChI=1S/C21H26N4O4/c26-20(15-29-16-6-2-1-3-7-16)25-9-5-4-8-19(25)17-14-18(23-22-17)21(27)24-10-12-28-13-11-24/h1-3,6-7,14,19H,4-5,8-13,15H2,(H,22,23). The molecular formula is C21H26N4O4. The van der Waals surface area contributed by atoms with Gasteiger partial charge < -0.3 is 19.3 Å². The van der Waals surface area contributed by atoms with Crippen molar-refractivity contribution in [2.24, 2.45) is 0 Å². The Hall–Kier alpha value is -2.87. The van der Waals surface area contributed by atoms with Gasteiger partial charge in [-0.3, -0.25) is 14.7 Å². The zero-order chi connectivity index (χ0) is 20.1. The lowest BCUT2D eigenvalue weighted by Gasteiger charge is -2.35. The molecule has 8 heteroatoms. The number of aromatic nitrogens is 2. The largest absolute Gasteiger partial charge is 0.484 e. The summed E-state index contributed by atoms with van der Waals surface area (Å²) >= 11 is 0. The summed E-state index contributed by atoms with van der Waals surface area (Å²) in [5.74, 6) is 0.514. The number of benzene rings is 1. The van der Waals surface area contributed by atoms with Gasteiger partial charge in [0.05, 0.1) is 24.9 Å². The topological polar surface area (TPSA) is 87.8 Å². The number of rotatable bonds is 5. The van der Waals surface area contributed by atoms with Crippen LogP contribution in [0.3, 0.4) is 0 Å².